The monoisotopic (exact) mass is 316 g/mol. The second-order valence-corrected chi connectivity index (χ2v) is 7.37. The van der Waals surface area contributed by atoms with Gasteiger partial charge in [0.1, 0.15) is 16.5 Å². The van der Waals surface area contributed by atoms with Crippen LogP contribution in [0.5, 0.6) is 0 Å². The molecular formula is C14H18F2N2O2S. The SMILES string of the molecule is O=S(=O)(NC1CCN2CCCCC12)c1ccc(F)cc1F. The number of hydrogen-bond acceptors (Lipinski definition) is 3. The highest BCUT2D eigenvalue weighted by atomic mass is 32.2. The topological polar surface area (TPSA) is 49.4 Å². The number of piperidine rings is 1. The van der Waals surface area contributed by atoms with Gasteiger partial charge in [0.15, 0.2) is 0 Å². The molecule has 2 unspecified atom stereocenters. The van der Waals surface area contributed by atoms with Crippen molar-refractivity contribution in [1.82, 2.24) is 9.62 Å². The molecule has 2 aliphatic rings. The summed E-state index contributed by atoms with van der Waals surface area (Å²) in [4.78, 5) is 1.80. The Kier molecular flexibility index (Phi) is 3.98. The number of hydrogen-bond donors (Lipinski definition) is 1. The lowest BCUT2D eigenvalue weighted by Gasteiger charge is -2.32. The molecule has 2 saturated heterocycles. The summed E-state index contributed by atoms with van der Waals surface area (Å²) in [6.45, 7) is 1.86. The molecule has 2 atom stereocenters. The zero-order chi connectivity index (χ0) is 15.0. The molecule has 116 valence electrons. The third-order valence-electron chi connectivity index (χ3n) is 4.35. The molecule has 1 aromatic rings. The van der Waals surface area contributed by atoms with Crippen LogP contribution in [0, 0.1) is 11.6 Å². The van der Waals surface area contributed by atoms with Crippen LogP contribution < -0.4 is 4.72 Å². The van der Waals surface area contributed by atoms with Crippen molar-refractivity contribution >= 4 is 10.0 Å². The largest absolute Gasteiger partial charge is 0.299 e. The molecule has 0 aliphatic carbocycles. The van der Waals surface area contributed by atoms with Gasteiger partial charge in [-0.1, -0.05) is 6.42 Å². The van der Waals surface area contributed by atoms with Gasteiger partial charge in [-0.05, 0) is 37.9 Å². The Hall–Kier alpha value is -1.05. The van der Waals surface area contributed by atoms with Gasteiger partial charge in [-0.25, -0.2) is 21.9 Å². The molecule has 1 aromatic carbocycles. The van der Waals surface area contributed by atoms with Gasteiger partial charge < -0.3 is 0 Å². The van der Waals surface area contributed by atoms with Gasteiger partial charge in [0.05, 0.1) is 0 Å². The lowest BCUT2D eigenvalue weighted by Crippen LogP contribution is -2.46. The van der Waals surface area contributed by atoms with Crippen molar-refractivity contribution in [2.24, 2.45) is 0 Å². The highest BCUT2D eigenvalue weighted by Gasteiger charge is 2.38. The van der Waals surface area contributed by atoms with Crippen molar-refractivity contribution in [3.8, 4) is 0 Å². The summed E-state index contributed by atoms with van der Waals surface area (Å²) in [5, 5.41) is 0. The van der Waals surface area contributed by atoms with Crippen molar-refractivity contribution < 1.29 is 17.2 Å². The van der Waals surface area contributed by atoms with E-state index in [-0.39, 0.29) is 12.1 Å². The summed E-state index contributed by atoms with van der Waals surface area (Å²) in [6, 6.07) is 2.52. The number of fused-ring (bicyclic) bond motifs is 1. The van der Waals surface area contributed by atoms with E-state index in [1.54, 1.807) is 0 Å². The fourth-order valence-corrected chi connectivity index (χ4v) is 4.70. The number of nitrogens with one attached hydrogen (secondary N) is 1. The summed E-state index contributed by atoms with van der Waals surface area (Å²) in [7, 11) is -3.96. The number of benzene rings is 1. The number of halogens is 2. The zero-order valence-electron chi connectivity index (χ0n) is 11.6. The van der Waals surface area contributed by atoms with E-state index in [4.69, 9.17) is 0 Å². The van der Waals surface area contributed by atoms with Crippen molar-refractivity contribution in [2.45, 2.75) is 42.7 Å². The molecular weight excluding hydrogens is 298 g/mol. The van der Waals surface area contributed by atoms with Crippen LogP contribution in [-0.2, 0) is 10.0 Å². The third-order valence-corrected chi connectivity index (χ3v) is 5.87. The summed E-state index contributed by atoms with van der Waals surface area (Å²) >= 11 is 0. The number of sulfonamides is 1. The molecule has 0 radical (unpaired) electrons. The highest BCUT2D eigenvalue weighted by Crippen LogP contribution is 2.28. The molecule has 4 nitrogen and oxygen atoms in total. The van der Waals surface area contributed by atoms with Crippen LogP contribution in [0.4, 0.5) is 8.78 Å². The van der Waals surface area contributed by atoms with Crippen LogP contribution in [0.25, 0.3) is 0 Å². The van der Waals surface area contributed by atoms with E-state index in [2.05, 4.69) is 9.62 Å². The molecule has 1 N–H and O–H groups in total. The fraction of sp³-hybridized carbons (Fsp3) is 0.571. The van der Waals surface area contributed by atoms with Gasteiger partial charge in [-0.2, -0.15) is 0 Å². The average molecular weight is 316 g/mol. The lowest BCUT2D eigenvalue weighted by molar-refractivity contribution is 0.186. The highest BCUT2D eigenvalue weighted by molar-refractivity contribution is 7.89. The molecule has 0 aromatic heterocycles. The summed E-state index contributed by atoms with van der Waals surface area (Å²) < 4.78 is 53.8. The minimum atomic E-state index is -3.96. The van der Waals surface area contributed by atoms with Gasteiger partial charge in [0, 0.05) is 24.7 Å². The van der Waals surface area contributed by atoms with Crippen LogP contribution >= 0.6 is 0 Å². The molecule has 0 amide bonds. The Balaban J connectivity index is 1.80. The van der Waals surface area contributed by atoms with Gasteiger partial charge in [0.25, 0.3) is 0 Å². The molecule has 0 spiro atoms. The maximum absolute atomic E-state index is 13.7. The first-order chi connectivity index (χ1) is 9.97. The first-order valence-electron chi connectivity index (χ1n) is 7.19. The van der Waals surface area contributed by atoms with Gasteiger partial charge >= 0.3 is 0 Å². The average Bonchev–Trinajstić information content (AvgIpc) is 2.81. The van der Waals surface area contributed by atoms with E-state index in [0.29, 0.717) is 6.07 Å². The first-order valence-corrected chi connectivity index (χ1v) is 8.67. The van der Waals surface area contributed by atoms with Gasteiger partial charge in [0.2, 0.25) is 10.0 Å². The van der Waals surface area contributed by atoms with E-state index in [0.717, 1.165) is 50.9 Å². The summed E-state index contributed by atoms with van der Waals surface area (Å²) in [5.41, 5.74) is 0. The smallest absolute Gasteiger partial charge is 0.243 e. The molecule has 0 bridgehead atoms. The van der Waals surface area contributed by atoms with Crippen molar-refractivity contribution in [1.29, 1.82) is 0 Å². The van der Waals surface area contributed by atoms with Crippen LogP contribution in [0.2, 0.25) is 0 Å². The quantitative estimate of drug-likeness (QED) is 0.926. The van der Waals surface area contributed by atoms with E-state index in [1.165, 1.54) is 0 Å². The van der Waals surface area contributed by atoms with Crippen molar-refractivity contribution in [2.75, 3.05) is 13.1 Å². The van der Waals surface area contributed by atoms with Crippen molar-refractivity contribution in [3.63, 3.8) is 0 Å². The molecule has 2 fully saturated rings. The van der Waals surface area contributed by atoms with E-state index in [9.17, 15) is 17.2 Å². The van der Waals surface area contributed by atoms with E-state index < -0.39 is 26.6 Å². The molecule has 2 heterocycles. The second kappa shape index (κ2) is 5.62. The first kappa shape index (κ1) is 14.9. The summed E-state index contributed by atoms with van der Waals surface area (Å²) in [5.74, 6) is -1.84. The van der Waals surface area contributed by atoms with E-state index in [1.807, 2.05) is 0 Å². The van der Waals surface area contributed by atoms with Crippen LogP contribution in [0.1, 0.15) is 25.7 Å². The zero-order valence-corrected chi connectivity index (χ0v) is 12.4. The molecule has 0 saturated carbocycles. The number of rotatable bonds is 3. The van der Waals surface area contributed by atoms with Gasteiger partial charge in [-0.3, -0.25) is 4.90 Å². The Bertz CT molecular complexity index is 636. The van der Waals surface area contributed by atoms with Crippen LogP contribution in [0.15, 0.2) is 23.1 Å². The normalized spacial score (nSPS) is 26.8. The molecule has 21 heavy (non-hydrogen) atoms. The standard InChI is InChI=1S/C14H18F2N2O2S/c15-10-4-5-14(11(16)9-10)21(19,20)17-12-6-8-18-7-2-1-3-13(12)18/h4-5,9,12-13,17H,1-3,6-8H2. The van der Waals surface area contributed by atoms with Gasteiger partial charge in [-0.15, -0.1) is 0 Å². The van der Waals surface area contributed by atoms with Crippen LogP contribution in [-0.4, -0.2) is 38.5 Å². The van der Waals surface area contributed by atoms with E-state index >= 15 is 0 Å². The van der Waals surface area contributed by atoms with Crippen molar-refractivity contribution in [3.05, 3.63) is 29.8 Å². The third kappa shape index (κ3) is 2.95. The number of nitrogens with zero attached hydrogens (tertiary/aromatic N) is 1. The minimum absolute atomic E-state index is 0.192. The predicted octanol–water partition coefficient (Wildman–Crippen LogP) is 1.87. The Labute approximate surface area is 123 Å². The summed E-state index contributed by atoms with van der Waals surface area (Å²) in [6.07, 6.45) is 3.92. The minimum Gasteiger partial charge on any atom is -0.299 e. The maximum atomic E-state index is 13.7. The maximum Gasteiger partial charge on any atom is 0.243 e. The Morgan fingerprint density at radius 2 is 1.95 bits per heavy atom. The lowest BCUT2D eigenvalue weighted by atomic mass is 10.00. The predicted molar refractivity (Wildman–Crippen MR) is 74.3 cm³/mol. The van der Waals surface area contributed by atoms with Crippen LogP contribution in [0.3, 0.4) is 0 Å². The fourth-order valence-electron chi connectivity index (χ4n) is 3.34. The molecule has 2 aliphatic heterocycles. The molecule has 7 heteroatoms. The molecule has 3 rings (SSSR count). The Morgan fingerprint density at radius 3 is 2.71 bits per heavy atom. The second-order valence-electron chi connectivity index (χ2n) is 5.69. The Morgan fingerprint density at radius 1 is 1.14 bits per heavy atom.